The summed E-state index contributed by atoms with van der Waals surface area (Å²) in [4.78, 5) is 12.4. The van der Waals surface area contributed by atoms with Crippen LogP contribution < -0.4 is 4.74 Å². The van der Waals surface area contributed by atoms with Crippen LogP contribution in [0.15, 0.2) is 30.3 Å². The second kappa shape index (κ2) is 6.04. The summed E-state index contributed by atoms with van der Waals surface area (Å²) in [6, 6.07) is 7.44. The monoisotopic (exact) mass is 290 g/mol. The van der Waals surface area contributed by atoms with E-state index in [-0.39, 0.29) is 17.8 Å². The molecular weight excluding hydrogens is 274 g/mol. The van der Waals surface area contributed by atoms with Gasteiger partial charge in [0.15, 0.2) is 17.4 Å². The minimum atomic E-state index is -0.977. The summed E-state index contributed by atoms with van der Waals surface area (Å²) in [5.41, 5.74) is 2.18. The molecule has 0 aliphatic carbocycles. The smallest absolute Gasteiger partial charge is 0.171 e. The Kier molecular flexibility index (Phi) is 4.36. The minimum absolute atomic E-state index is 0.0435. The van der Waals surface area contributed by atoms with E-state index in [2.05, 4.69) is 0 Å². The van der Waals surface area contributed by atoms with Gasteiger partial charge in [0, 0.05) is 6.42 Å². The fraction of sp³-hybridized carbons (Fsp3) is 0.235. The van der Waals surface area contributed by atoms with Gasteiger partial charge in [-0.25, -0.2) is 8.78 Å². The van der Waals surface area contributed by atoms with Crippen LogP contribution in [0.5, 0.6) is 5.75 Å². The molecule has 0 atom stereocenters. The molecule has 110 valence electrons. The van der Waals surface area contributed by atoms with Gasteiger partial charge in [-0.05, 0) is 42.7 Å². The van der Waals surface area contributed by atoms with Gasteiger partial charge in [-0.15, -0.1) is 0 Å². The Balaban J connectivity index is 2.39. The van der Waals surface area contributed by atoms with E-state index in [1.165, 1.54) is 19.2 Å². The molecule has 2 nitrogen and oxygen atoms in total. The molecule has 0 aromatic heterocycles. The van der Waals surface area contributed by atoms with Crippen molar-refractivity contribution in [3.8, 4) is 5.75 Å². The summed E-state index contributed by atoms with van der Waals surface area (Å²) in [7, 11) is 1.48. The fourth-order valence-corrected chi connectivity index (χ4v) is 2.39. The van der Waals surface area contributed by atoms with E-state index in [0.717, 1.165) is 17.2 Å². The zero-order chi connectivity index (χ0) is 15.6. The third-order valence-corrected chi connectivity index (χ3v) is 3.33. The van der Waals surface area contributed by atoms with Gasteiger partial charge >= 0.3 is 0 Å². The number of halogens is 2. The van der Waals surface area contributed by atoms with Crippen LogP contribution in [0, 0.1) is 25.5 Å². The molecule has 0 saturated heterocycles. The molecule has 2 aromatic rings. The molecular formula is C17H16F2O2. The van der Waals surface area contributed by atoms with Crippen molar-refractivity contribution in [3.05, 3.63) is 64.2 Å². The summed E-state index contributed by atoms with van der Waals surface area (Å²) in [6.07, 6.45) is -0.205. The van der Waals surface area contributed by atoms with Crippen LogP contribution in [0.25, 0.3) is 0 Å². The zero-order valence-electron chi connectivity index (χ0n) is 12.2. The summed E-state index contributed by atoms with van der Waals surface area (Å²) >= 11 is 0. The maximum absolute atomic E-state index is 13.7. The lowest BCUT2D eigenvalue weighted by Crippen LogP contribution is -2.10. The molecule has 0 amide bonds. The largest absolute Gasteiger partial charge is 0.496 e. The number of Topliss-reactive ketones (excluding diaryl/α,β-unsaturated/α-hetero) is 1. The molecule has 21 heavy (non-hydrogen) atoms. The van der Waals surface area contributed by atoms with Crippen LogP contribution in [0.4, 0.5) is 8.78 Å². The Morgan fingerprint density at radius 3 is 2.57 bits per heavy atom. The third kappa shape index (κ3) is 3.10. The number of ether oxygens (including phenoxy) is 1. The average Bonchev–Trinajstić information content (AvgIpc) is 2.42. The Bertz CT molecular complexity index is 693. The second-order valence-electron chi connectivity index (χ2n) is 4.97. The Hall–Kier alpha value is -2.23. The van der Waals surface area contributed by atoms with E-state index in [1.54, 1.807) is 13.0 Å². The van der Waals surface area contributed by atoms with Crippen molar-refractivity contribution < 1.29 is 18.3 Å². The second-order valence-corrected chi connectivity index (χ2v) is 4.97. The highest BCUT2D eigenvalue weighted by atomic mass is 19.2. The Morgan fingerprint density at radius 2 is 1.90 bits per heavy atom. The highest BCUT2D eigenvalue weighted by Crippen LogP contribution is 2.26. The van der Waals surface area contributed by atoms with Gasteiger partial charge < -0.3 is 4.74 Å². The quantitative estimate of drug-likeness (QED) is 0.795. The summed E-state index contributed by atoms with van der Waals surface area (Å²) in [5.74, 6) is -1.77. The van der Waals surface area contributed by atoms with Gasteiger partial charge in [-0.2, -0.15) is 0 Å². The normalized spacial score (nSPS) is 10.5. The van der Waals surface area contributed by atoms with Gasteiger partial charge in [0.1, 0.15) is 5.75 Å². The predicted octanol–water partition coefficient (Wildman–Crippen LogP) is 4.02. The van der Waals surface area contributed by atoms with Gasteiger partial charge in [-0.1, -0.05) is 18.2 Å². The number of hydrogen-bond donors (Lipinski definition) is 0. The number of rotatable bonds is 4. The maximum atomic E-state index is 13.7. The van der Waals surface area contributed by atoms with Gasteiger partial charge in [-0.3, -0.25) is 4.79 Å². The van der Waals surface area contributed by atoms with E-state index in [4.69, 9.17) is 4.74 Å². The van der Waals surface area contributed by atoms with Crippen molar-refractivity contribution in [1.82, 2.24) is 0 Å². The zero-order valence-corrected chi connectivity index (χ0v) is 12.2. The lowest BCUT2D eigenvalue weighted by Gasteiger charge is -2.12. The SMILES string of the molecule is COc1cc(C)cc(C)c1C(=O)Cc1cccc(F)c1F. The van der Waals surface area contributed by atoms with Crippen molar-refractivity contribution in [2.24, 2.45) is 0 Å². The summed E-state index contributed by atoms with van der Waals surface area (Å²) in [5, 5.41) is 0. The number of aryl methyl sites for hydroxylation is 2. The lowest BCUT2D eigenvalue weighted by atomic mass is 9.96. The van der Waals surface area contributed by atoms with Crippen molar-refractivity contribution in [3.63, 3.8) is 0 Å². The van der Waals surface area contributed by atoms with Crippen LogP contribution >= 0.6 is 0 Å². The van der Waals surface area contributed by atoms with Gasteiger partial charge in [0.25, 0.3) is 0 Å². The molecule has 0 N–H and O–H groups in total. The molecule has 0 spiro atoms. The summed E-state index contributed by atoms with van der Waals surface area (Å²) in [6.45, 7) is 3.70. The topological polar surface area (TPSA) is 26.3 Å². The molecule has 0 heterocycles. The van der Waals surface area contributed by atoms with E-state index in [1.807, 2.05) is 13.0 Å². The number of benzene rings is 2. The van der Waals surface area contributed by atoms with Gasteiger partial charge in [0.05, 0.1) is 12.7 Å². The Labute approximate surface area is 122 Å². The standard InChI is InChI=1S/C17H16F2O2/c1-10-7-11(2)16(15(8-10)21-3)14(20)9-12-5-4-6-13(18)17(12)19/h4-8H,9H2,1-3H3. The van der Waals surface area contributed by atoms with E-state index < -0.39 is 11.6 Å². The van der Waals surface area contributed by atoms with Crippen LogP contribution in [-0.4, -0.2) is 12.9 Å². The van der Waals surface area contributed by atoms with Crippen LogP contribution in [0.2, 0.25) is 0 Å². The molecule has 0 radical (unpaired) electrons. The van der Waals surface area contributed by atoms with Crippen molar-refractivity contribution >= 4 is 5.78 Å². The van der Waals surface area contributed by atoms with Gasteiger partial charge in [0.2, 0.25) is 0 Å². The number of ketones is 1. The van der Waals surface area contributed by atoms with Crippen LogP contribution in [0.3, 0.4) is 0 Å². The number of hydrogen-bond acceptors (Lipinski definition) is 2. The molecule has 0 aliphatic heterocycles. The predicted molar refractivity (Wildman–Crippen MR) is 76.9 cm³/mol. The Morgan fingerprint density at radius 1 is 1.19 bits per heavy atom. The highest BCUT2D eigenvalue weighted by molar-refractivity contribution is 6.01. The van der Waals surface area contributed by atoms with E-state index in [0.29, 0.717) is 11.3 Å². The lowest BCUT2D eigenvalue weighted by molar-refractivity contribution is 0.0988. The van der Waals surface area contributed by atoms with Crippen molar-refractivity contribution in [1.29, 1.82) is 0 Å². The number of carbonyl (C=O) groups is 1. The molecule has 2 rings (SSSR count). The first-order chi connectivity index (χ1) is 9.93. The van der Waals surface area contributed by atoms with Crippen molar-refractivity contribution in [2.75, 3.05) is 7.11 Å². The fourth-order valence-electron chi connectivity index (χ4n) is 2.39. The summed E-state index contributed by atoms with van der Waals surface area (Å²) < 4.78 is 32.1. The molecule has 0 aliphatic rings. The van der Waals surface area contributed by atoms with Crippen molar-refractivity contribution in [2.45, 2.75) is 20.3 Å². The minimum Gasteiger partial charge on any atom is -0.496 e. The average molecular weight is 290 g/mol. The maximum Gasteiger partial charge on any atom is 0.171 e. The van der Waals surface area contributed by atoms with E-state index in [9.17, 15) is 13.6 Å². The first-order valence-electron chi connectivity index (χ1n) is 6.55. The van der Waals surface area contributed by atoms with Crippen LogP contribution in [-0.2, 0) is 6.42 Å². The number of carbonyl (C=O) groups excluding carboxylic acids is 1. The number of methoxy groups -OCH3 is 1. The molecule has 4 heteroatoms. The first-order valence-corrected chi connectivity index (χ1v) is 6.55. The third-order valence-electron chi connectivity index (χ3n) is 3.33. The van der Waals surface area contributed by atoms with Crippen LogP contribution in [0.1, 0.15) is 27.0 Å². The molecule has 0 unspecified atom stereocenters. The van der Waals surface area contributed by atoms with E-state index >= 15 is 0 Å². The molecule has 0 fully saturated rings. The molecule has 2 aromatic carbocycles. The molecule has 0 saturated carbocycles. The molecule has 0 bridgehead atoms. The highest BCUT2D eigenvalue weighted by Gasteiger charge is 2.19. The first kappa shape index (κ1) is 15.2.